The average Bonchev–Trinajstić information content (AvgIpc) is 3.51. The molecule has 1 aromatic heterocycles. The molecule has 1 heterocycles. The Kier molecular flexibility index (Phi) is 6.22. The van der Waals surface area contributed by atoms with E-state index >= 15 is 0 Å². The Hall–Kier alpha value is -2.56. The van der Waals surface area contributed by atoms with Gasteiger partial charge in [0.25, 0.3) is 0 Å². The number of nitrogens with zero attached hydrogens (tertiary/aromatic N) is 2. The summed E-state index contributed by atoms with van der Waals surface area (Å²) in [5, 5.41) is 7.95. The summed E-state index contributed by atoms with van der Waals surface area (Å²) in [5.74, 6) is 2.75. The van der Waals surface area contributed by atoms with Crippen molar-refractivity contribution in [1.29, 1.82) is 0 Å². The molecular formula is C26H34FN3O. The minimum absolute atomic E-state index is 0.210. The van der Waals surface area contributed by atoms with E-state index in [9.17, 15) is 4.39 Å². The third kappa shape index (κ3) is 4.56. The number of allylic oxidation sites excluding steroid dienone is 4. The maximum absolute atomic E-state index is 14.2. The highest BCUT2D eigenvalue weighted by Crippen LogP contribution is 2.46. The van der Waals surface area contributed by atoms with Gasteiger partial charge in [0.1, 0.15) is 0 Å². The van der Waals surface area contributed by atoms with E-state index in [-0.39, 0.29) is 11.6 Å². The highest BCUT2D eigenvalue weighted by atomic mass is 19.1. The molecule has 0 radical (unpaired) electrons. The van der Waals surface area contributed by atoms with E-state index in [1.807, 2.05) is 18.7 Å². The first-order chi connectivity index (χ1) is 14.9. The predicted molar refractivity (Wildman–Crippen MR) is 125 cm³/mol. The number of benzene rings is 1. The maximum atomic E-state index is 14.2. The van der Waals surface area contributed by atoms with Crippen LogP contribution in [0.1, 0.15) is 58.6 Å². The SMILES string of the molecule is CNc1nn(C2=CC(C)CCC(C)=C(C3CC3)C(C)C2)c(C)c1Oc1ccccc1F. The molecule has 1 N–H and O–H groups in total. The number of anilines is 1. The van der Waals surface area contributed by atoms with Crippen molar-refractivity contribution in [2.75, 3.05) is 12.4 Å². The highest BCUT2D eigenvalue weighted by Gasteiger charge is 2.32. The number of hydrogen-bond acceptors (Lipinski definition) is 3. The van der Waals surface area contributed by atoms with Crippen LogP contribution in [0.4, 0.5) is 10.2 Å². The molecule has 31 heavy (non-hydrogen) atoms. The van der Waals surface area contributed by atoms with Crippen LogP contribution in [0.25, 0.3) is 5.70 Å². The van der Waals surface area contributed by atoms with Gasteiger partial charge in [0.2, 0.25) is 0 Å². The van der Waals surface area contributed by atoms with Crippen molar-refractivity contribution in [2.45, 2.75) is 59.8 Å². The van der Waals surface area contributed by atoms with E-state index in [0.29, 0.717) is 23.4 Å². The van der Waals surface area contributed by atoms with Crippen LogP contribution in [0.3, 0.4) is 0 Å². The van der Waals surface area contributed by atoms with Gasteiger partial charge < -0.3 is 10.1 Å². The fraction of sp³-hybridized carbons (Fsp3) is 0.500. The standard InChI is InChI=1S/C26H34FN3O/c1-16-10-11-17(2)24(20-12-13-20)18(3)15-21(14-16)30-19(4)25(26(28-5)29-30)31-23-9-7-6-8-22(23)27/h6-9,14,16,18,20H,10-13,15H2,1-5H3,(H,28,29). The zero-order chi connectivity index (χ0) is 22.1. The summed E-state index contributed by atoms with van der Waals surface area (Å²) < 4.78 is 22.2. The normalized spacial score (nSPS) is 22.5. The first-order valence-corrected chi connectivity index (χ1v) is 11.5. The summed E-state index contributed by atoms with van der Waals surface area (Å²) in [6, 6.07) is 6.49. The summed E-state index contributed by atoms with van der Waals surface area (Å²) in [6.07, 6.45) is 8.29. The van der Waals surface area contributed by atoms with Gasteiger partial charge in [-0.05, 0) is 75.8 Å². The van der Waals surface area contributed by atoms with Crippen molar-refractivity contribution in [3.63, 3.8) is 0 Å². The smallest absolute Gasteiger partial charge is 0.192 e. The molecule has 0 spiro atoms. The van der Waals surface area contributed by atoms with E-state index in [4.69, 9.17) is 9.84 Å². The highest BCUT2D eigenvalue weighted by molar-refractivity contribution is 5.60. The second kappa shape index (κ2) is 8.89. The summed E-state index contributed by atoms with van der Waals surface area (Å²) in [7, 11) is 1.82. The molecule has 2 unspecified atom stereocenters. The zero-order valence-corrected chi connectivity index (χ0v) is 19.3. The van der Waals surface area contributed by atoms with Crippen molar-refractivity contribution >= 4 is 11.5 Å². The fourth-order valence-corrected chi connectivity index (χ4v) is 4.91. The predicted octanol–water partition coefficient (Wildman–Crippen LogP) is 7.19. The van der Waals surface area contributed by atoms with Gasteiger partial charge in [0, 0.05) is 12.7 Å². The van der Waals surface area contributed by atoms with Crippen LogP contribution >= 0.6 is 0 Å². The molecule has 4 nitrogen and oxygen atoms in total. The summed E-state index contributed by atoms with van der Waals surface area (Å²) in [5.41, 5.74) is 5.34. The minimum atomic E-state index is -0.379. The average molecular weight is 424 g/mol. The van der Waals surface area contributed by atoms with Crippen LogP contribution in [-0.4, -0.2) is 16.8 Å². The van der Waals surface area contributed by atoms with Crippen LogP contribution in [0.5, 0.6) is 11.5 Å². The second-order valence-electron chi connectivity index (χ2n) is 9.25. The molecule has 2 atom stereocenters. The maximum Gasteiger partial charge on any atom is 0.192 e. The van der Waals surface area contributed by atoms with Gasteiger partial charge in [-0.25, -0.2) is 9.07 Å². The van der Waals surface area contributed by atoms with Gasteiger partial charge in [-0.1, -0.05) is 43.2 Å². The largest absolute Gasteiger partial charge is 0.448 e. The molecule has 4 rings (SSSR count). The number of ether oxygens (including phenoxy) is 1. The molecule has 1 fully saturated rings. The molecular weight excluding hydrogens is 389 g/mol. The molecule has 5 heteroatoms. The monoisotopic (exact) mass is 423 g/mol. The molecule has 1 saturated carbocycles. The first-order valence-electron chi connectivity index (χ1n) is 11.5. The Bertz CT molecular complexity index is 1020. The van der Waals surface area contributed by atoms with E-state index in [1.54, 1.807) is 29.3 Å². The number of nitrogens with one attached hydrogen (secondary N) is 1. The number of aromatic nitrogens is 2. The van der Waals surface area contributed by atoms with E-state index in [0.717, 1.165) is 24.5 Å². The molecule has 0 saturated heterocycles. The quantitative estimate of drug-likeness (QED) is 0.517. The number of rotatable bonds is 5. The lowest BCUT2D eigenvalue weighted by molar-refractivity contribution is 0.440. The molecule has 166 valence electrons. The minimum Gasteiger partial charge on any atom is -0.448 e. The molecule has 2 aromatic rings. The van der Waals surface area contributed by atoms with Crippen molar-refractivity contribution in [3.8, 4) is 11.5 Å². The van der Waals surface area contributed by atoms with Gasteiger partial charge in [0.15, 0.2) is 23.1 Å². The lowest BCUT2D eigenvalue weighted by Crippen LogP contribution is -2.10. The third-order valence-corrected chi connectivity index (χ3v) is 6.63. The third-order valence-electron chi connectivity index (χ3n) is 6.63. The Labute approximate surface area is 185 Å². The van der Waals surface area contributed by atoms with Crippen molar-refractivity contribution in [1.82, 2.24) is 9.78 Å². The van der Waals surface area contributed by atoms with Crippen LogP contribution in [-0.2, 0) is 0 Å². The number of para-hydroxylation sites is 1. The van der Waals surface area contributed by atoms with Crippen LogP contribution < -0.4 is 10.1 Å². The topological polar surface area (TPSA) is 39.1 Å². The van der Waals surface area contributed by atoms with Gasteiger partial charge >= 0.3 is 0 Å². The van der Waals surface area contributed by atoms with Gasteiger partial charge in [0.05, 0.1) is 5.69 Å². The van der Waals surface area contributed by atoms with E-state index < -0.39 is 0 Å². The lowest BCUT2D eigenvalue weighted by atomic mass is 9.88. The number of halogens is 1. The lowest BCUT2D eigenvalue weighted by Gasteiger charge is -2.20. The number of hydrogen-bond donors (Lipinski definition) is 1. The van der Waals surface area contributed by atoms with E-state index in [1.165, 1.54) is 31.0 Å². The van der Waals surface area contributed by atoms with Gasteiger partial charge in [-0.15, -0.1) is 5.10 Å². The van der Waals surface area contributed by atoms with Crippen molar-refractivity contribution < 1.29 is 9.13 Å². The summed E-state index contributed by atoms with van der Waals surface area (Å²) >= 11 is 0. The molecule has 2 aliphatic rings. The Morgan fingerprint density at radius 2 is 1.87 bits per heavy atom. The molecule has 2 aliphatic carbocycles. The Balaban J connectivity index is 1.71. The second-order valence-corrected chi connectivity index (χ2v) is 9.25. The Morgan fingerprint density at radius 1 is 1.13 bits per heavy atom. The van der Waals surface area contributed by atoms with Crippen LogP contribution in [0.2, 0.25) is 0 Å². The Morgan fingerprint density at radius 3 is 2.55 bits per heavy atom. The molecule has 0 amide bonds. The fourth-order valence-electron chi connectivity index (χ4n) is 4.91. The first kappa shape index (κ1) is 21.7. The van der Waals surface area contributed by atoms with Crippen molar-refractivity contribution in [3.05, 3.63) is 53.0 Å². The van der Waals surface area contributed by atoms with Crippen LogP contribution in [0, 0.1) is 30.5 Å². The molecule has 0 bridgehead atoms. The van der Waals surface area contributed by atoms with Gasteiger partial charge in [-0.2, -0.15) is 0 Å². The molecule has 1 aromatic carbocycles. The van der Waals surface area contributed by atoms with Crippen molar-refractivity contribution in [2.24, 2.45) is 17.8 Å². The molecule has 0 aliphatic heterocycles. The summed E-state index contributed by atoms with van der Waals surface area (Å²) in [6.45, 7) is 8.97. The van der Waals surface area contributed by atoms with E-state index in [2.05, 4.69) is 32.2 Å². The van der Waals surface area contributed by atoms with Gasteiger partial charge in [-0.3, -0.25) is 0 Å². The summed E-state index contributed by atoms with van der Waals surface area (Å²) in [4.78, 5) is 0. The van der Waals surface area contributed by atoms with Crippen LogP contribution in [0.15, 0.2) is 41.5 Å². The zero-order valence-electron chi connectivity index (χ0n) is 19.3.